The lowest BCUT2D eigenvalue weighted by Crippen LogP contribution is -2.27. The molecule has 0 aliphatic heterocycles. The van der Waals surface area contributed by atoms with E-state index >= 15 is 0 Å². The van der Waals surface area contributed by atoms with Gasteiger partial charge in [0.05, 0.1) is 0 Å². The Kier molecular flexibility index (Phi) is 4.05. The number of hydrogen-bond donors (Lipinski definition) is 1. The molecule has 0 radical (unpaired) electrons. The number of nitrogens with one attached hydrogen (secondary N) is 1. The van der Waals surface area contributed by atoms with Crippen molar-refractivity contribution in [1.82, 2.24) is 9.55 Å². The minimum Gasteiger partial charge on any atom is -0.353 e. The summed E-state index contributed by atoms with van der Waals surface area (Å²) in [5.41, 5.74) is 1.16. The van der Waals surface area contributed by atoms with E-state index in [0.29, 0.717) is 6.04 Å². The van der Waals surface area contributed by atoms with Crippen LogP contribution in [0, 0.1) is 5.92 Å². The number of aromatic nitrogens is 2. The first-order valence-corrected chi connectivity index (χ1v) is 7.72. The number of rotatable bonds is 4. The van der Waals surface area contributed by atoms with Gasteiger partial charge in [-0.1, -0.05) is 31.5 Å². The lowest BCUT2D eigenvalue weighted by molar-refractivity contribution is 0.329. The number of para-hydroxylation sites is 1. The highest BCUT2D eigenvalue weighted by molar-refractivity contribution is 5.42. The van der Waals surface area contributed by atoms with E-state index in [2.05, 4.69) is 46.1 Å². The van der Waals surface area contributed by atoms with E-state index in [4.69, 9.17) is 0 Å². The first kappa shape index (κ1) is 13.2. The third-order valence-corrected chi connectivity index (χ3v) is 4.43. The van der Waals surface area contributed by atoms with Crippen LogP contribution in [0.1, 0.15) is 39.0 Å². The molecule has 0 bridgehead atoms. The molecule has 0 saturated heterocycles. The van der Waals surface area contributed by atoms with Crippen LogP contribution in [-0.2, 0) is 0 Å². The molecule has 1 aromatic carbocycles. The topological polar surface area (TPSA) is 29.9 Å². The van der Waals surface area contributed by atoms with Gasteiger partial charge in [-0.15, -0.1) is 0 Å². The summed E-state index contributed by atoms with van der Waals surface area (Å²) in [6, 6.07) is 11.0. The molecule has 1 saturated carbocycles. The van der Waals surface area contributed by atoms with Gasteiger partial charge in [-0.05, 0) is 43.7 Å². The summed E-state index contributed by atoms with van der Waals surface area (Å²) in [6.07, 6.45) is 10.4. The van der Waals surface area contributed by atoms with Crippen LogP contribution in [0.15, 0.2) is 42.7 Å². The molecule has 20 heavy (non-hydrogen) atoms. The third-order valence-electron chi connectivity index (χ3n) is 4.43. The largest absolute Gasteiger partial charge is 0.353 e. The number of nitrogens with zero attached hydrogens (tertiary/aromatic N) is 2. The fourth-order valence-corrected chi connectivity index (χ4v) is 3.10. The zero-order valence-electron chi connectivity index (χ0n) is 12.1. The maximum atomic E-state index is 4.48. The number of anilines is 1. The minimum atomic E-state index is 0.572. The van der Waals surface area contributed by atoms with Gasteiger partial charge in [-0.2, -0.15) is 0 Å². The first-order valence-electron chi connectivity index (χ1n) is 7.72. The molecule has 3 nitrogen and oxygen atoms in total. The van der Waals surface area contributed by atoms with Crippen molar-refractivity contribution in [2.45, 2.75) is 45.1 Å². The van der Waals surface area contributed by atoms with Crippen LogP contribution in [-0.4, -0.2) is 15.6 Å². The summed E-state index contributed by atoms with van der Waals surface area (Å²) in [4.78, 5) is 4.48. The van der Waals surface area contributed by atoms with Crippen molar-refractivity contribution in [2.75, 3.05) is 5.32 Å². The van der Waals surface area contributed by atoms with Crippen molar-refractivity contribution in [3.05, 3.63) is 42.7 Å². The van der Waals surface area contributed by atoms with Crippen molar-refractivity contribution < 1.29 is 0 Å². The average Bonchev–Trinajstić information content (AvgIpc) is 2.97. The molecule has 0 unspecified atom stereocenters. The zero-order valence-corrected chi connectivity index (χ0v) is 12.1. The Balaban J connectivity index is 1.69. The molecular formula is C17H23N3. The molecule has 1 aliphatic rings. The van der Waals surface area contributed by atoms with Crippen LogP contribution >= 0.6 is 0 Å². The van der Waals surface area contributed by atoms with Crippen molar-refractivity contribution in [1.29, 1.82) is 0 Å². The zero-order chi connectivity index (χ0) is 13.8. The average molecular weight is 269 g/mol. The Morgan fingerprint density at radius 2 is 1.90 bits per heavy atom. The monoisotopic (exact) mass is 269 g/mol. The summed E-state index contributed by atoms with van der Waals surface area (Å²) < 4.78 is 2.13. The van der Waals surface area contributed by atoms with Gasteiger partial charge in [0.25, 0.3) is 0 Å². The predicted octanol–water partition coefficient (Wildman–Crippen LogP) is 4.25. The predicted molar refractivity (Wildman–Crippen MR) is 83.2 cm³/mol. The fraction of sp³-hybridized carbons (Fsp3) is 0.471. The second-order valence-corrected chi connectivity index (χ2v) is 5.73. The van der Waals surface area contributed by atoms with E-state index in [9.17, 15) is 0 Å². The van der Waals surface area contributed by atoms with E-state index < -0.39 is 0 Å². The molecule has 1 aliphatic carbocycles. The van der Waals surface area contributed by atoms with Crippen molar-refractivity contribution in [3.63, 3.8) is 0 Å². The Bertz CT molecular complexity index is 524. The molecule has 1 aromatic heterocycles. The number of hydrogen-bond acceptors (Lipinski definition) is 2. The summed E-state index contributed by atoms with van der Waals surface area (Å²) in [7, 11) is 0. The minimum absolute atomic E-state index is 0.572. The second kappa shape index (κ2) is 6.12. The summed E-state index contributed by atoms with van der Waals surface area (Å²) >= 11 is 0. The van der Waals surface area contributed by atoms with E-state index in [1.165, 1.54) is 32.1 Å². The van der Waals surface area contributed by atoms with Gasteiger partial charge in [-0.25, -0.2) is 4.98 Å². The lowest BCUT2D eigenvalue weighted by atomic mass is 9.85. The van der Waals surface area contributed by atoms with Crippen LogP contribution in [0.4, 0.5) is 5.95 Å². The highest BCUT2D eigenvalue weighted by atomic mass is 15.2. The van der Waals surface area contributed by atoms with Crippen LogP contribution in [0.3, 0.4) is 0 Å². The van der Waals surface area contributed by atoms with Gasteiger partial charge in [0.1, 0.15) is 0 Å². The van der Waals surface area contributed by atoms with Crippen molar-refractivity contribution in [2.24, 2.45) is 5.92 Å². The number of benzene rings is 1. The van der Waals surface area contributed by atoms with Crippen LogP contribution in [0.25, 0.3) is 5.69 Å². The molecule has 3 heteroatoms. The summed E-state index contributed by atoms with van der Waals surface area (Å²) in [5.74, 6) is 1.90. The van der Waals surface area contributed by atoms with E-state index in [0.717, 1.165) is 17.6 Å². The third kappa shape index (κ3) is 2.87. The molecule has 0 spiro atoms. The van der Waals surface area contributed by atoms with Gasteiger partial charge in [0, 0.05) is 24.1 Å². The summed E-state index contributed by atoms with van der Waals surface area (Å²) in [6.45, 7) is 2.31. The van der Waals surface area contributed by atoms with Crippen LogP contribution in [0.2, 0.25) is 0 Å². The Hall–Kier alpha value is -1.77. The molecule has 2 aromatic rings. The maximum absolute atomic E-state index is 4.48. The molecule has 106 valence electrons. The second-order valence-electron chi connectivity index (χ2n) is 5.73. The van der Waals surface area contributed by atoms with Gasteiger partial charge in [0.15, 0.2) is 0 Å². The molecule has 1 fully saturated rings. The fourth-order valence-electron chi connectivity index (χ4n) is 3.10. The molecule has 1 N–H and O–H groups in total. The SMILES string of the molecule is CCC1CCC(Nc2nccn2-c2ccccc2)CC1. The molecule has 0 amide bonds. The van der Waals surface area contributed by atoms with Crippen LogP contribution in [0.5, 0.6) is 0 Å². The number of imidazole rings is 1. The van der Waals surface area contributed by atoms with Gasteiger partial charge in [0.2, 0.25) is 5.95 Å². The lowest BCUT2D eigenvalue weighted by Gasteiger charge is -2.28. The molecule has 1 heterocycles. The van der Waals surface area contributed by atoms with Crippen molar-refractivity contribution >= 4 is 5.95 Å². The van der Waals surface area contributed by atoms with Gasteiger partial charge in [-0.3, -0.25) is 4.57 Å². The molecule has 0 atom stereocenters. The van der Waals surface area contributed by atoms with E-state index in [-0.39, 0.29) is 0 Å². The Morgan fingerprint density at radius 3 is 2.60 bits per heavy atom. The quantitative estimate of drug-likeness (QED) is 0.899. The highest BCUT2D eigenvalue weighted by Crippen LogP contribution is 2.28. The van der Waals surface area contributed by atoms with E-state index in [1.807, 2.05) is 18.5 Å². The van der Waals surface area contributed by atoms with E-state index in [1.54, 1.807) is 0 Å². The normalized spacial score (nSPS) is 22.6. The van der Waals surface area contributed by atoms with Crippen molar-refractivity contribution in [3.8, 4) is 5.69 Å². The van der Waals surface area contributed by atoms with Gasteiger partial charge < -0.3 is 5.32 Å². The Morgan fingerprint density at radius 1 is 1.15 bits per heavy atom. The Labute approximate surface area is 121 Å². The van der Waals surface area contributed by atoms with Gasteiger partial charge >= 0.3 is 0 Å². The molecular weight excluding hydrogens is 246 g/mol. The maximum Gasteiger partial charge on any atom is 0.207 e. The molecule has 3 rings (SSSR count). The van der Waals surface area contributed by atoms with Crippen LogP contribution < -0.4 is 5.32 Å². The standard InChI is InChI=1S/C17H23N3/c1-2-14-8-10-15(11-9-14)19-17-18-12-13-20(17)16-6-4-3-5-7-16/h3-7,12-15H,2,8-11H2,1H3,(H,18,19). The smallest absolute Gasteiger partial charge is 0.207 e. The highest BCUT2D eigenvalue weighted by Gasteiger charge is 2.20. The first-order chi connectivity index (χ1) is 9.86. The summed E-state index contributed by atoms with van der Waals surface area (Å²) in [5, 5.41) is 3.62.